The van der Waals surface area contributed by atoms with Crippen LogP contribution in [0.25, 0.3) is 0 Å². The molecule has 124 valence electrons. The normalized spacial score (nSPS) is 12.0. The Labute approximate surface area is 139 Å². The molecule has 0 saturated carbocycles. The van der Waals surface area contributed by atoms with E-state index >= 15 is 0 Å². The van der Waals surface area contributed by atoms with Gasteiger partial charge >= 0.3 is 0 Å². The molecule has 0 aliphatic heterocycles. The van der Waals surface area contributed by atoms with E-state index in [9.17, 15) is 0 Å². The molecular formula is C20H27NO2. The van der Waals surface area contributed by atoms with Crippen LogP contribution in [0.4, 0.5) is 0 Å². The van der Waals surface area contributed by atoms with Gasteiger partial charge in [-0.2, -0.15) is 0 Å². The number of methoxy groups -OCH3 is 2. The van der Waals surface area contributed by atoms with E-state index in [1.54, 1.807) is 14.2 Å². The largest absolute Gasteiger partial charge is 0.493 e. The van der Waals surface area contributed by atoms with Crippen LogP contribution in [0.5, 0.6) is 11.5 Å². The quantitative estimate of drug-likeness (QED) is 0.830. The van der Waals surface area contributed by atoms with Gasteiger partial charge in [0.05, 0.1) is 14.2 Å². The van der Waals surface area contributed by atoms with Gasteiger partial charge in [0.2, 0.25) is 0 Å². The molecule has 2 aromatic carbocycles. The second kappa shape index (κ2) is 8.02. The molecule has 2 rings (SSSR count). The third-order valence-electron chi connectivity index (χ3n) is 4.35. The highest BCUT2D eigenvalue weighted by molar-refractivity contribution is 5.46. The average Bonchev–Trinajstić information content (AvgIpc) is 2.56. The molecule has 0 saturated heterocycles. The zero-order valence-corrected chi connectivity index (χ0v) is 14.8. The molecule has 3 heteroatoms. The Morgan fingerprint density at radius 1 is 1.00 bits per heavy atom. The van der Waals surface area contributed by atoms with Gasteiger partial charge < -0.3 is 14.8 Å². The van der Waals surface area contributed by atoms with Crippen LogP contribution >= 0.6 is 0 Å². The maximum atomic E-state index is 5.47. The standard InChI is InChI=1S/C20H27NO2/c1-14-9-10-17(11-15(14)2)16(3)12-21-13-18-7-6-8-19(22-4)20(18)23-5/h6-11,16,21H,12-13H2,1-5H3. The van der Waals surface area contributed by atoms with Crippen molar-refractivity contribution in [3.63, 3.8) is 0 Å². The third-order valence-corrected chi connectivity index (χ3v) is 4.35. The Morgan fingerprint density at radius 3 is 2.43 bits per heavy atom. The summed E-state index contributed by atoms with van der Waals surface area (Å²) in [5.74, 6) is 2.04. The predicted molar refractivity (Wildman–Crippen MR) is 95.6 cm³/mol. The first-order chi connectivity index (χ1) is 11.1. The minimum atomic E-state index is 0.464. The highest BCUT2D eigenvalue weighted by Gasteiger charge is 2.10. The van der Waals surface area contributed by atoms with Crippen molar-refractivity contribution < 1.29 is 9.47 Å². The first-order valence-corrected chi connectivity index (χ1v) is 8.04. The molecule has 2 aromatic rings. The fourth-order valence-corrected chi connectivity index (χ4v) is 2.71. The Kier molecular flexibility index (Phi) is 6.05. The van der Waals surface area contributed by atoms with Gasteiger partial charge in [0.25, 0.3) is 0 Å². The first-order valence-electron chi connectivity index (χ1n) is 8.04. The highest BCUT2D eigenvalue weighted by atomic mass is 16.5. The summed E-state index contributed by atoms with van der Waals surface area (Å²) < 4.78 is 10.8. The van der Waals surface area contributed by atoms with Crippen molar-refractivity contribution in [3.8, 4) is 11.5 Å². The van der Waals surface area contributed by atoms with Crippen molar-refractivity contribution in [1.29, 1.82) is 0 Å². The van der Waals surface area contributed by atoms with E-state index in [0.717, 1.165) is 30.2 Å². The highest BCUT2D eigenvalue weighted by Crippen LogP contribution is 2.30. The van der Waals surface area contributed by atoms with Crippen molar-refractivity contribution in [2.24, 2.45) is 0 Å². The molecule has 0 amide bonds. The van der Waals surface area contributed by atoms with Gasteiger partial charge in [-0.1, -0.05) is 37.3 Å². The molecular weight excluding hydrogens is 286 g/mol. The zero-order chi connectivity index (χ0) is 16.8. The molecule has 0 spiro atoms. The van der Waals surface area contributed by atoms with Crippen molar-refractivity contribution in [2.45, 2.75) is 33.2 Å². The number of nitrogens with one attached hydrogen (secondary N) is 1. The molecule has 0 radical (unpaired) electrons. The molecule has 1 atom stereocenters. The van der Waals surface area contributed by atoms with Crippen LogP contribution in [-0.4, -0.2) is 20.8 Å². The van der Waals surface area contributed by atoms with Gasteiger partial charge in [0, 0.05) is 18.7 Å². The van der Waals surface area contributed by atoms with Crippen molar-refractivity contribution in [2.75, 3.05) is 20.8 Å². The second-order valence-corrected chi connectivity index (χ2v) is 6.03. The molecule has 0 aromatic heterocycles. The second-order valence-electron chi connectivity index (χ2n) is 6.03. The third kappa shape index (κ3) is 4.26. The van der Waals surface area contributed by atoms with Crippen LogP contribution in [-0.2, 0) is 6.54 Å². The lowest BCUT2D eigenvalue weighted by atomic mass is 9.97. The lowest BCUT2D eigenvalue weighted by Crippen LogP contribution is -2.20. The summed E-state index contributed by atoms with van der Waals surface area (Å²) in [6.45, 7) is 8.25. The fourth-order valence-electron chi connectivity index (χ4n) is 2.71. The molecule has 0 aliphatic rings. The van der Waals surface area contributed by atoms with E-state index in [-0.39, 0.29) is 0 Å². The smallest absolute Gasteiger partial charge is 0.165 e. The summed E-state index contributed by atoms with van der Waals surface area (Å²) >= 11 is 0. The number of para-hydroxylation sites is 1. The molecule has 1 unspecified atom stereocenters. The number of ether oxygens (including phenoxy) is 2. The van der Waals surface area contributed by atoms with Gasteiger partial charge in [-0.15, -0.1) is 0 Å². The van der Waals surface area contributed by atoms with E-state index in [4.69, 9.17) is 9.47 Å². The Hall–Kier alpha value is -2.00. The first kappa shape index (κ1) is 17.4. The lowest BCUT2D eigenvalue weighted by Gasteiger charge is -2.16. The molecule has 0 aliphatic carbocycles. The number of rotatable bonds is 7. The molecule has 0 fully saturated rings. The van der Waals surface area contributed by atoms with Gasteiger partial charge in [-0.25, -0.2) is 0 Å². The van der Waals surface area contributed by atoms with Gasteiger partial charge in [0.15, 0.2) is 11.5 Å². The van der Waals surface area contributed by atoms with E-state index in [0.29, 0.717) is 5.92 Å². The lowest BCUT2D eigenvalue weighted by molar-refractivity contribution is 0.350. The van der Waals surface area contributed by atoms with Gasteiger partial charge in [-0.05, 0) is 42.5 Å². The Bertz CT molecular complexity index is 652. The van der Waals surface area contributed by atoms with E-state index < -0.39 is 0 Å². The summed E-state index contributed by atoms with van der Waals surface area (Å²) in [4.78, 5) is 0. The zero-order valence-electron chi connectivity index (χ0n) is 14.8. The van der Waals surface area contributed by atoms with Crippen LogP contribution in [0.3, 0.4) is 0 Å². The minimum absolute atomic E-state index is 0.464. The topological polar surface area (TPSA) is 30.5 Å². The minimum Gasteiger partial charge on any atom is -0.493 e. The van der Waals surface area contributed by atoms with Crippen molar-refractivity contribution in [1.82, 2.24) is 5.32 Å². The molecule has 23 heavy (non-hydrogen) atoms. The van der Waals surface area contributed by atoms with Crippen LogP contribution in [0.15, 0.2) is 36.4 Å². The van der Waals surface area contributed by atoms with Crippen LogP contribution in [0, 0.1) is 13.8 Å². The number of hydrogen-bond donors (Lipinski definition) is 1. The average molecular weight is 313 g/mol. The van der Waals surface area contributed by atoms with Crippen molar-refractivity contribution in [3.05, 3.63) is 58.7 Å². The van der Waals surface area contributed by atoms with Gasteiger partial charge in [-0.3, -0.25) is 0 Å². The van der Waals surface area contributed by atoms with E-state index in [2.05, 4.69) is 50.4 Å². The summed E-state index contributed by atoms with van der Waals surface area (Å²) in [6.07, 6.45) is 0. The number of aryl methyl sites for hydroxylation is 2. The molecule has 1 N–H and O–H groups in total. The maximum absolute atomic E-state index is 5.47. The van der Waals surface area contributed by atoms with E-state index in [1.807, 2.05) is 12.1 Å². The summed E-state index contributed by atoms with van der Waals surface area (Å²) in [6, 6.07) is 12.7. The summed E-state index contributed by atoms with van der Waals surface area (Å²) in [7, 11) is 3.34. The summed E-state index contributed by atoms with van der Waals surface area (Å²) in [5.41, 5.74) is 5.18. The monoisotopic (exact) mass is 313 g/mol. The maximum Gasteiger partial charge on any atom is 0.165 e. The van der Waals surface area contributed by atoms with Crippen molar-refractivity contribution >= 4 is 0 Å². The Morgan fingerprint density at radius 2 is 1.78 bits per heavy atom. The fraction of sp³-hybridized carbons (Fsp3) is 0.400. The number of hydrogen-bond acceptors (Lipinski definition) is 3. The molecule has 0 bridgehead atoms. The van der Waals surface area contributed by atoms with Crippen LogP contribution in [0.1, 0.15) is 35.1 Å². The SMILES string of the molecule is COc1cccc(CNCC(C)c2ccc(C)c(C)c2)c1OC. The van der Waals surface area contributed by atoms with Crippen LogP contribution < -0.4 is 14.8 Å². The van der Waals surface area contributed by atoms with Gasteiger partial charge in [0.1, 0.15) is 0 Å². The van der Waals surface area contributed by atoms with E-state index in [1.165, 1.54) is 16.7 Å². The predicted octanol–water partition coefficient (Wildman–Crippen LogP) is 4.21. The Balaban J connectivity index is 1.98. The summed E-state index contributed by atoms with van der Waals surface area (Å²) in [5, 5.41) is 3.52. The number of benzene rings is 2. The molecule has 3 nitrogen and oxygen atoms in total. The van der Waals surface area contributed by atoms with Crippen LogP contribution in [0.2, 0.25) is 0 Å². The molecule has 0 heterocycles.